The summed E-state index contributed by atoms with van der Waals surface area (Å²) in [6, 6.07) is 10.4. The highest BCUT2D eigenvalue weighted by atomic mass is 35.5. The molecule has 2 rings (SSSR count). The lowest BCUT2D eigenvalue weighted by atomic mass is 10.2. The molecule has 7 heteroatoms. The Morgan fingerprint density at radius 2 is 1.92 bits per heavy atom. The Bertz CT molecular complexity index is 725. The Balaban J connectivity index is 1.75. The molecule has 1 amide bonds. The molecule has 0 radical (unpaired) electrons. The summed E-state index contributed by atoms with van der Waals surface area (Å²) < 4.78 is 5.07. The van der Waals surface area contributed by atoms with Gasteiger partial charge in [0.25, 0.3) is 5.91 Å². The molecule has 0 heterocycles. The number of amides is 1. The van der Waals surface area contributed by atoms with Crippen molar-refractivity contribution in [3.05, 3.63) is 62.6 Å². The molecule has 0 unspecified atom stereocenters. The van der Waals surface area contributed by atoms with Crippen molar-refractivity contribution in [1.29, 1.82) is 0 Å². The number of carbonyl (C=O) groups excluding carboxylic acids is 1. The van der Waals surface area contributed by atoms with E-state index in [2.05, 4.69) is 5.32 Å². The molecule has 2 aromatic rings. The first kappa shape index (κ1) is 19.3. The van der Waals surface area contributed by atoms with Crippen molar-refractivity contribution in [3.63, 3.8) is 0 Å². The molecule has 0 saturated heterocycles. The third kappa shape index (κ3) is 5.49. The SMILES string of the molecule is COc1ccc(C(=O)NCCSCc2ccc(Cl)cc2Cl)cc1Cl. The fraction of sp³-hybridized carbons (Fsp3) is 0.235. The van der Waals surface area contributed by atoms with E-state index < -0.39 is 0 Å². The van der Waals surface area contributed by atoms with Gasteiger partial charge in [-0.3, -0.25) is 4.79 Å². The minimum atomic E-state index is -0.162. The number of methoxy groups -OCH3 is 1. The van der Waals surface area contributed by atoms with Crippen LogP contribution in [0.15, 0.2) is 36.4 Å². The summed E-state index contributed by atoms with van der Waals surface area (Å²) in [7, 11) is 1.53. The molecule has 128 valence electrons. The van der Waals surface area contributed by atoms with Gasteiger partial charge in [0.1, 0.15) is 5.75 Å². The highest BCUT2D eigenvalue weighted by Crippen LogP contribution is 2.25. The highest BCUT2D eigenvalue weighted by Gasteiger charge is 2.08. The van der Waals surface area contributed by atoms with Gasteiger partial charge in [-0.2, -0.15) is 11.8 Å². The minimum Gasteiger partial charge on any atom is -0.495 e. The van der Waals surface area contributed by atoms with E-state index in [1.807, 2.05) is 12.1 Å². The van der Waals surface area contributed by atoms with Crippen LogP contribution in [0.3, 0.4) is 0 Å². The average molecular weight is 405 g/mol. The number of rotatable bonds is 7. The number of hydrogen-bond acceptors (Lipinski definition) is 3. The lowest BCUT2D eigenvalue weighted by Crippen LogP contribution is -2.25. The molecule has 0 fully saturated rings. The topological polar surface area (TPSA) is 38.3 Å². The van der Waals surface area contributed by atoms with Crippen LogP contribution in [0.2, 0.25) is 15.1 Å². The maximum absolute atomic E-state index is 12.1. The van der Waals surface area contributed by atoms with E-state index in [4.69, 9.17) is 39.5 Å². The quantitative estimate of drug-likeness (QED) is 0.635. The Labute approximate surface area is 160 Å². The second kappa shape index (κ2) is 9.42. The van der Waals surface area contributed by atoms with Crippen molar-refractivity contribution in [1.82, 2.24) is 5.32 Å². The van der Waals surface area contributed by atoms with Crippen LogP contribution in [0.25, 0.3) is 0 Å². The van der Waals surface area contributed by atoms with Crippen molar-refractivity contribution in [3.8, 4) is 5.75 Å². The number of carbonyl (C=O) groups is 1. The van der Waals surface area contributed by atoms with Gasteiger partial charge in [-0.1, -0.05) is 40.9 Å². The molecule has 2 aromatic carbocycles. The first-order valence-electron chi connectivity index (χ1n) is 7.14. The van der Waals surface area contributed by atoms with Gasteiger partial charge in [-0.25, -0.2) is 0 Å². The molecule has 24 heavy (non-hydrogen) atoms. The van der Waals surface area contributed by atoms with Crippen molar-refractivity contribution in [2.45, 2.75) is 5.75 Å². The Morgan fingerprint density at radius 1 is 1.12 bits per heavy atom. The van der Waals surface area contributed by atoms with E-state index >= 15 is 0 Å². The van der Waals surface area contributed by atoms with E-state index in [0.717, 1.165) is 17.1 Å². The van der Waals surface area contributed by atoms with Crippen LogP contribution in [0.5, 0.6) is 5.75 Å². The maximum atomic E-state index is 12.1. The molecular weight excluding hydrogens is 389 g/mol. The normalized spacial score (nSPS) is 10.5. The van der Waals surface area contributed by atoms with Crippen molar-refractivity contribution in [2.75, 3.05) is 19.4 Å². The summed E-state index contributed by atoms with van der Waals surface area (Å²) in [5.41, 5.74) is 1.53. The van der Waals surface area contributed by atoms with Crippen LogP contribution in [-0.2, 0) is 5.75 Å². The molecule has 3 nitrogen and oxygen atoms in total. The molecule has 0 atom stereocenters. The van der Waals surface area contributed by atoms with Crippen LogP contribution in [0, 0.1) is 0 Å². The molecule has 0 bridgehead atoms. The molecule has 0 saturated carbocycles. The van der Waals surface area contributed by atoms with Crippen LogP contribution in [-0.4, -0.2) is 25.3 Å². The predicted octanol–water partition coefficient (Wildman–Crippen LogP) is 5.32. The van der Waals surface area contributed by atoms with Crippen molar-refractivity contribution in [2.24, 2.45) is 0 Å². The fourth-order valence-electron chi connectivity index (χ4n) is 1.97. The summed E-state index contributed by atoms with van der Waals surface area (Å²) in [5, 5.41) is 4.56. The van der Waals surface area contributed by atoms with Gasteiger partial charge in [-0.15, -0.1) is 0 Å². The second-order valence-corrected chi connectivity index (χ2v) is 7.25. The summed E-state index contributed by atoms with van der Waals surface area (Å²) in [6.45, 7) is 0.554. The number of thioether (sulfide) groups is 1. The average Bonchev–Trinajstić information content (AvgIpc) is 2.56. The van der Waals surface area contributed by atoms with E-state index in [-0.39, 0.29) is 5.91 Å². The highest BCUT2D eigenvalue weighted by molar-refractivity contribution is 7.98. The zero-order valence-corrected chi connectivity index (χ0v) is 16.0. The van der Waals surface area contributed by atoms with Crippen molar-refractivity contribution < 1.29 is 9.53 Å². The Kier molecular flexibility index (Phi) is 7.56. The van der Waals surface area contributed by atoms with Gasteiger partial charge in [-0.05, 0) is 35.9 Å². The second-order valence-electron chi connectivity index (χ2n) is 4.89. The summed E-state index contributed by atoms with van der Waals surface area (Å²) in [4.78, 5) is 12.1. The van der Waals surface area contributed by atoms with Crippen LogP contribution < -0.4 is 10.1 Å². The van der Waals surface area contributed by atoms with Gasteiger partial charge in [0.15, 0.2) is 0 Å². The van der Waals surface area contributed by atoms with Gasteiger partial charge >= 0.3 is 0 Å². The van der Waals surface area contributed by atoms with Crippen molar-refractivity contribution >= 4 is 52.5 Å². The molecular formula is C17H16Cl3NO2S. The van der Waals surface area contributed by atoms with Crippen LogP contribution in [0.1, 0.15) is 15.9 Å². The van der Waals surface area contributed by atoms with Gasteiger partial charge in [0, 0.05) is 33.7 Å². The molecule has 0 spiro atoms. The molecule has 0 aromatic heterocycles. The lowest BCUT2D eigenvalue weighted by molar-refractivity contribution is 0.0956. The smallest absolute Gasteiger partial charge is 0.251 e. The molecule has 0 aliphatic heterocycles. The summed E-state index contributed by atoms with van der Waals surface area (Å²) in [6.07, 6.45) is 0. The summed E-state index contributed by atoms with van der Waals surface area (Å²) in [5.74, 6) is 1.92. The lowest BCUT2D eigenvalue weighted by Gasteiger charge is -2.08. The fourth-order valence-corrected chi connectivity index (χ4v) is 3.64. The Hall–Kier alpha value is -1.07. The monoisotopic (exact) mass is 403 g/mol. The number of hydrogen-bond donors (Lipinski definition) is 1. The maximum Gasteiger partial charge on any atom is 0.251 e. The van der Waals surface area contributed by atoms with E-state index in [1.54, 1.807) is 36.0 Å². The molecule has 0 aliphatic rings. The predicted molar refractivity (Wildman–Crippen MR) is 103 cm³/mol. The summed E-state index contributed by atoms with van der Waals surface area (Å²) >= 11 is 19.7. The first-order valence-corrected chi connectivity index (χ1v) is 9.43. The largest absolute Gasteiger partial charge is 0.495 e. The van der Waals surface area contributed by atoms with E-state index in [9.17, 15) is 4.79 Å². The number of halogens is 3. The zero-order chi connectivity index (χ0) is 17.5. The molecule has 1 N–H and O–H groups in total. The van der Waals surface area contributed by atoms with Gasteiger partial charge < -0.3 is 10.1 Å². The van der Waals surface area contributed by atoms with Gasteiger partial charge in [0.05, 0.1) is 12.1 Å². The third-order valence-electron chi connectivity index (χ3n) is 3.22. The van der Waals surface area contributed by atoms with Gasteiger partial charge in [0.2, 0.25) is 0 Å². The number of nitrogens with one attached hydrogen (secondary N) is 1. The number of ether oxygens (including phenoxy) is 1. The minimum absolute atomic E-state index is 0.162. The zero-order valence-electron chi connectivity index (χ0n) is 12.9. The third-order valence-corrected chi connectivity index (χ3v) is 5.11. The number of benzene rings is 2. The molecule has 0 aliphatic carbocycles. The van der Waals surface area contributed by atoms with Crippen LogP contribution >= 0.6 is 46.6 Å². The van der Waals surface area contributed by atoms with E-state index in [0.29, 0.717) is 32.9 Å². The Morgan fingerprint density at radius 3 is 2.58 bits per heavy atom. The van der Waals surface area contributed by atoms with E-state index in [1.165, 1.54) is 7.11 Å². The van der Waals surface area contributed by atoms with Crippen LogP contribution in [0.4, 0.5) is 0 Å². The standard InChI is InChI=1S/C17H16Cl3NO2S/c1-23-16-5-3-11(8-15(16)20)17(22)21-6-7-24-10-12-2-4-13(18)9-14(12)19/h2-5,8-9H,6-7,10H2,1H3,(H,21,22). The first-order chi connectivity index (χ1) is 11.5.